The Labute approximate surface area is 141 Å². The highest BCUT2D eigenvalue weighted by molar-refractivity contribution is 5.89. The van der Waals surface area contributed by atoms with Crippen molar-refractivity contribution >= 4 is 18.0 Å². The molecule has 0 N–H and O–H groups in total. The predicted octanol–water partition coefficient (Wildman–Crippen LogP) is 2.23. The number of hydrogen-bond donors (Lipinski definition) is 0. The minimum atomic E-state index is -0.536. The molecular weight excluding hydrogens is 310 g/mol. The predicted molar refractivity (Wildman–Crippen MR) is 87.5 cm³/mol. The van der Waals surface area contributed by atoms with Crippen molar-refractivity contribution in [2.24, 2.45) is 5.92 Å². The third-order valence-corrected chi connectivity index (χ3v) is 4.16. The van der Waals surface area contributed by atoms with Crippen LogP contribution in [0.15, 0.2) is 24.3 Å². The molecule has 1 atom stereocenters. The number of likely N-dealkylation sites (tertiary alicyclic amines) is 1. The molecule has 24 heavy (non-hydrogen) atoms. The first-order valence-electron chi connectivity index (χ1n) is 8.14. The van der Waals surface area contributed by atoms with Gasteiger partial charge in [-0.15, -0.1) is 0 Å². The molecule has 6 nitrogen and oxygen atoms in total. The summed E-state index contributed by atoms with van der Waals surface area (Å²) >= 11 is 0. The number of carbonyl (C=O) groups excluding carboxylic acids is 2. The fourth-order valence-electron chi connectivity index (χ4n) is 2.87. The Morgan fingerprint density at radius 3 is 3.00 bits per heavy atom. The normalized spacial score (nSPS) is 19.5. The van der Waals surface area contributed by atoms with E-state index in [-0.39, 0.29) is 19.3 Å². The van der Waals surface area contributed by atoms with E-state index < -0.39 is 5.97 Å². The summed E-state index contributed by atoms with van der Waals surface area (Å²) in [5.74, 6) is 1.18. The van der Waals surface area contributed by atoms with E-state index in [1.54, 1.807) is 23.1 Å². The van der Waals surface area contributed by atoms with Crippen molar-refractivity contribution in [1.82, 2.24) is 4.90 Å². The molecular formula is C18H21NO5. The summed E-state index contributed by atoms with van der Waals surface area (Å²) in [5, 5.41) is 0. The lowest BCUT2D eigenvalue weighted by Crippen LogP contribution is -2.41. The minimum Gasteiger partial charge on any atom is -0.454 e. The summed E-state index contributed by atoms with van der Waals surface area (Å²) in [6, 6.07) is 5.39. The van der Waals surface area contributed by atoms with Gasteiger partial charge in [-0.1, -0.05) is 13.0 Å². The van der Waals surface area contributed by atoms with Crippen molar-refractivity contribution in [1.29, 1.82) is 0 Å². The number of ether oxygens (including phenoxy) is 3. The van der Waals surface area contributed by atoms with Gasteiger partial charge in [-0.3, -0.25) is 4.79 Å². The lowest BCUT2D eigenvalue weighted by molar-refractivity contribution is -0.149. The van der Waals surface area contributed by atoms with Gasteiger partial charge in [0.15, 0.2) is 18.1 Å². The highest BCUT2D eigenvalue weighted by Crippen LogP contribution is 2.32. The van der Waals surface area contributed by atoms with E-state index in [1.165, 1.54) is 6.08 Å². The molecule has 0 radical (unpaired) electrons. The van der Waals surface area contributed by atoms with Gasteiger partial charge in [-0.05, 0) is 42.5 Å². The van der Waals surface area contributed by atoms with Crippen LogP contribution in [0.25, 0.3) is 6.08 Å². The Kier molecular flexibility index (Phi) is 5.03. The zero-order chi connectivity index (χ0) is 16.9. The van der Waals surface area contributed by atoms with E-state index in [2.05, 4.69) is 6.92 Å². The molecule has 2 heterocycles. The first-order chi connectivity index (χ1) is 11.6. The van der Waals surface area contributed by atoms with Crippen LogP contribution in [-0.4, -0.2) is 43.3 Å². The molecule has 0 aromatic heterocycles. The van der Waals surface area contributed by atoms with Gasteiger partial charge in [0.25, 0.3) is 5.91 Å². The third kappa shape index (κ3) is 4.07. The summed E-state index contributed by atoms with van der Waals surface area (Å²) in [6.07, 6.45) is 5.08. The fourth-order valence-corrected chi connectivity index (χ4v) is 2.87. The first kappa shape index (κ1) is 16.4. The number of amides is 1. The van der Waals surface area contributed by atoms with Crippen LogP contribution in [0.4, 0.5) is 0 Å². The summed E-state index contributed by atoms with van der Waals surface area (Å²) in [6.45, 7) is 3.61. The number of fused-ring (bicyclic) bond motifs is 1. The van der Waals surface area contributed by atoms with Gasteiger partial charge in [0.1, 0.15) is 0 Å². The Balaban J connectivity index is 1.47. The maximum atomic E-state index is 12.0. The van der Waals surface area contributed by atoms with Crippen LogP contribution in [0.3, 0.4) is 0 Å². The topological polar surface area (TPSA) is 65.1 Å². The molecule has 0 unspecified atom stereocenters. The second-order valence-electron chi connectivity index (χ2n) is 6.14. The molecule has 1 saturated heterocycles. The fraction of sp³-hybridized carbons (Fsp3) is 0.444. The molecule has 2 aliphatic rings. The van der Waals surface area contributed by atoms with Crippen LogP contribution in [-0.2, 0) is 14.3 Å². The third-order valence-electron chi connectivity index (χ3n) is 4.16. The van der Waals surface area contributed by atoms with Crippen molar-refractivity contribution < 1.29 is 23.8 Å². The maximum Gasteiger partial charge on any atom is 0.331 e. The zero-order valence-corrected chi connectivity index (χ0v) is 13.7. The number of carbonyl (C=O) groups is 2. The van der Waals surface area contributed by atoms with E-state index in [0.717, 1.165) is 31.5 Å². The van der Waals surface area contributed by atoms with Crippen LogP contribution in [0.5, 0.6) is 11.5 Å². The van der Waals surface area contributed by atoms with E-state index >= 15 is 0 Å². The molecule has 1 aromatic rings. The molecule has 0 saturated carbocycles. The van der Waals surface area contributed by atoms with E-state index in [1.807, 2.05) is 6.07 Å². The number of piperidine rings is 1. The Bertz CT molecular complexity index is 655. The second kappa shape index (κ2) is 7.38. The average molecular weight is 331 g/mol. The van der Waals surface area contributed by atoms with Gasteiger partial charge in [0.2, 0.25) is 6.79 Å². The number of nitrogens with zero attached hydrogens (tertiary/aromatic N) is 1. The largest absolute Gasteiger partial charge is 0.454 e. The van der Waals surface area contributed by atoms with E-state index in [4.69, 9.17) is 14.2 Å². The molecule has 3 rings (SSSR count). The standard InChI is InChI=1S/C18H21NO5/c1-13-3-2-8-19(10-13)17(20)11-22-18(21)7-5-14-4-6-15-16(9-14)24-12-23-15/h4-7,9,13H,2-3,8,10-12H2,1H3/b7-5+/t13-/m1/s1. The quantitative estimate of drug-likeness (QED) is 0.625. The average Bonchev–Trinajstić information content (AvgIpc) is 3.05. The lowest BCUT2D eigenvalue weighted by atomic mass is 10.0. The highest BCUT2D eigenvalue weighted by atomic mass is 16.7. The minimum absolute atomic E-state index is 0.133. The summed E-state index contributed by atoms with van der Waals surface area (Å²) in [4.78, 5) is 25.6. The highest BCUT2D eigenvalue weighted by Gasteiger charge is 2.21. The summed E-state index contributed by atoms with van der Waals surface area (Å²) < 4.78 is 15.5. The molecule has 128 valence electrons. The molecule has 6 heteroatoms. The summed E-state index contributed by atoms with van der Waals surface area (Å²) in [7, 11) is 0. The van der Waals surface area contributed by atoms with Gasteiger partial charge in [-0.25, -0.2) is 4.79 Å². The van der Waals surface area contributed by atoms with Crippen molar-refractivity contribution in [2.45, 2.75) is 19.8 Å². The maximum absolute atomic E-state index is 12.0. The van der Waals surface area contributed by atoms with Crippen LogP contribution in [0.1, 0.15) is 25.3 Å². The molecule has 0 aliphatic carbocycles. The van der Waals surface area contributed by atoms with Crippen LogP contribution < -0.4 is 9.47 Å². The van der Waals surface area contributed by atoms with Gasteiger partial charge in [0, 0.05) is 19.2 Å². The number of rotatable bonds is 4. The molecule has 0 bridgehead atoms. The van der Waals surface area contributed by atoms with Crippen LogP contribution in [0, 0.1) is 5.92 Å². The molecule has 1 fully saturated rings. The van der Waals surface area contributed by atoms with Gasteiger partial charge >= 0.3 is 5.97 Å². The first-order valence-corrected chi connectivity index (χ1v) is 8.14. The van der Waals surface area contributed by atoms with Gasteiger partial charge in [0.05, 0.1) is 0 Å². The SMILES string of the molecule is C[C@@H]1CCCN(C(=O)COC(=O)/C=C/c2ccc3c(c2)OCO3)C1. The molecule has 2 aliphatic heterocycles. The molecule has 0 spiro atoms. The summed E-state index contributed by atoms with van der Waals surface area (Å²) in [5.41, 5.74) is 0.799. The van der Waals surface area contributed by atoms with Crippen molar-refractivity contribution in [3.63, 3.8) is 0 Å². The monoisotopic (exact) mass is 331 g/mol. The van der Waals surface area contributed by atoms with Crippen molar-refractivity contribution in [3.8, 4) is 11.5 Å². The van der Waals surface area contributed by atoms with Crippen LogP contribution >= 0.6 is 0 Å². The van der Waals surface area contributed by atoms with Crippen LogP contribution in [0.2, 0.25) is 0 Å². The smallest absolute Gasteiger partial charge is 0.331 e. The van der Waals surface area contributed by atoms with E-state index in [9.17, 15) is 9.59 Å². The number of esters is 1. The molecule has 1 amide bonds. The van der Waals surface area contributed by atoms with Gasteiger partial charge in [-0.2, -0.15) is 0 Å². The Hall–Kier alpha value is -2.50. The number of hydrogen-bond acceptors (Lipinski definition) is 5. The molecule has 1 aromatic carbocycles. The number of benzene rings is 1. The second-order valence-corrected chi connectivity index (χ2v) is 6.14. The Morgan fingerprint density at radius 1 is 1.33 bits per heavy atom. The zero-order valence-electron chi connectivity index (χ0n) is 13.7. The lowest BCUT2D eigenvalue weighted by Gasteiger charge is -2.30. The van der Waals surface area contributed by atoms with E-state index in [0.29, 0.717) is 17.4 Å². The van der Waals surface area contributed by atoms with Crippen molar-refractivity contribution in [3.05, 3.63) is 29.8 Å². The van der Waals surface area contributed by atoms with Crippen molar-refractivity contribution in [2.75, 3.05) is 26.5 Å². The Morgan fingerprint density at radius 2 is 2.17 bits per heavy atom. The van der Waals surface area contributed by atoms with Gasteiger partial charge < -0.3 is 19.1 Å².